The van der Waals surface area contributed by atoms with Crippen LogP contribution in [0.25, 0.3) is 0 Å². The molecule has 3 fully saturated rings. The van der Waals surface area contributed by atoms with Gasteiger partial charge in [-0.15, -0.1) is 0 Å². The molecule has 0 saturated heterocycles. The SMILES string of the molecule is C[C@@H]1[C@H]2C[C@@H](C[C@H]1Nc1cnn(CC(=O)CCc3ccncc3)c(=O)c1Br)C2(C)C. The minimum atomic E-state index is -0.272. The molecule has 2 aromatic rings. The highest BCUT2D eigenvalue weighted by molar-refractivity contribution is 9.10. The zero-order valence-electron chi connectivity index (χ0n) is 17.8. The van der Waals surface area contributed by atoms with E-state index in [1.54, 1.807) is 18.6 Å². The molecule has 5 rings (SSSR count). The predicted octanol–water partition coefficient (Wildman–Crippen LogP) is 4.09. The number of anilines is 1. The summed E-state index contributed by atoms with van der Waals surface area (Å²) in [7, 11) is 0. The molecule has 0 aromatic carbocycles. The number of Topliss-reactive ketones (excluding diaryl/α,β-unsaturated/α-hetero) is 1. The highest BCUT2D eigenvalue weighted by Gasteiger charge is 2.56. The van der Waals surface area contributed by atoms with Gasteiger partial charge in [-0.2, -0.15) is 5.10 Å². The van der Waals surface area contributed by atoms with Gasteiger partial charge in [0.1, 0.15) is 11.0 Å². The van der Waals surface area contributed by atoms with E-state index in [4.69, 9.17) is 0 Å². The van der Waals surface area contributed by atoms with Crippen LogP contribution in [0.3, 0.4) is 0 Å². The Morgan fingerprint density at radius 2 is 2.03 bits per heavy atom. The molecule has 0 spiro atoms. The summed E-state index contributed by atoms with van der Waals surface area (Å²) in [6.07, 6.45) is 8.53. The van der Waals surface area contributed by atoms with Gasteiger partial charge in [-0.25, -0.2) is 4.68 Å². The third-order valence-corrected chi connectivity index (χ3v) is 8.21. The third kappa shape index (κ3) is 3.96. The van der Waals surface area contributed by atoms with Crippen LogP contribution in [0.15, 0.2) is 40.0 Å². The van der Waals surface area contributed by atoms with Gasteiger partial charge >= 0.3 is 0 Å². The first-order chi connectivity index (χ1) is 14.3. The van der Waals surface area contributed by atoms with Crippen LogP contribution >= 0.6 is 15.9 Å². The summed E-state index contributed by atoms with van der Waals surface area (Å²) in [6.45, 7) is 7.05. The number of nitrogens with zero attached hydrogens (tertiary/aromatic N) is 3. The average Bonchev–Trinajstić information content (AvgIpc) is 2.73. The largest absolute Gasteiger partial charge is 0.380 e. The van der Waals surface area contributed by atoms with Crippen molar-refractivity contribution in [2.75, 3.05) is 5.32 Å². The highest BCUT2D eigenvalue weighted by Crippen LogP contribution is 2.61. The quantitative estimate of drug-likeness (QED) is 0.656. The maximum Gasteiger partial charge on any atom is 0.283 e. The molecule has 4 atom stereocenters. The number of ketones is 1. The number of hydrogen-bond donors (Lipinski definition) is 1. The van der Waals surface area contributed by atoms with E-state index in [0.29, 0.717) is 34.7 Å². The molecule has 7 heteroatoms. The van der Waals surface area contributed by atoms with Crippen LogP contribution in [0.4, 0.5) is 5.69 Å². The van der Waals surface area contributed by atoms with Crippen molar-refractivity contribution in [2.45, 2.75) is 59.0 Å². The Balaban J connectivity index is 1.39. The lowest BCUT2D eigenvalue weighted by molar-refractivity contribution is -0.119. The van der Waals surface area contributed by atoms with Crippen LogP contribution in [0.2, 0.25) is 0 Å². The second-order valence-electron chi connectivity index (χ2n) is 9.44. The maximum atomic E-state index is 12.8. The zero-order chi connectivity index (χ0) is 21.5. The fraction of sp³-hybridized carbons (Fsp3) is 0.565. The molecular formula is C23H29BrN4O2. The molecule has 3 aliphatic rings. The van der Waals surface area contributed by atoms with Crippen LogP contribution in [0.1, 0.15) is 45.6 Å². The second-order valence-corrected chi connectivity index (χ2v) is 10.2. The van der Waals surface area contributed by atoms with Gasteiger partial charge in [0, 0.05) is 24.9 Å². The van der Waals surface area contributed by atoms with E-state index in [9.17, 15) is 9.59 Å². The Kier molecular flexibility index (Phi) is 5.84. The molecule has 3 saturated carbocycles. The van der Waals surface area contributed by atoms with Gasteiger partial charge in [0.05, 0.1) is 11.9 Å². The van der Waals surface area contributed by atoms with Crippen molar-refractivity contribution in [1.29, 1.82) is 0 Å². The van der Waals surface area contributed by atoms with Gasteiger partial charge in [0.15, 0.2) is 5.78 Å². The van der Waals surface area contributed by atoms with Gasteiger partial charge in [-0.05, 0) is 76.1 Å². The fourth-order valence-electron chi connectivity index (χ4n) is 5.30. The monoisotopic (exact) mass is 472 g/mol. The number of hydrogen-bond acceptors (Lipinski definition) is 5. The van der Waals surface area contributed by atoms with Crippen molar-refractivity contribution >= 4 is 27.4 Å². The standard InChI is InChI=1S/C23H29BrN4O2/c1-14-18-10-16(23(18,2)3)11-19(14)27-20-12-26-28(22(30)21(20)24)13-17(29)5-4-15-6-8-25-9-7-15/h6-9,12,14,16,18-19,27H,4-5,10-11,13H2,1-3H3/t14-,16+,18-,19-/m1/s1. The molecule has 3 aliphatic carbocycles. The van der Waals surface area contributed by atoms with Gasteiger partial charge < -0.3 is 5.32 Å². The molecule has 1 N–H and O–H groups in total. The summed E-state index contributed by atoms with van der Waals surface area (Å²) in [5.74, 6) is 1.99. The molecular weight excluding hydrogens is 444 g/mol. The predicted molar refractivity (Wildman–Crippen MR) is 120 cm³/mol. The third-order valence-electron chi connectivity index (χ3n) is 7.45. The van der Waals surface area contributed by atoms with Crippen LogP contribution in [-0.2, 0) is 17.8 Å². The van der Waals surface area contributed by atoms with Gasteiger partial charge in [0.2, 0.25) is 0 Å². The summed E-state index contributed by atoms with van der Waals surface area (Å²) in [5.41, 5.74) is 1.93. The maximum absolute atomic E-state index is 12.8. The lowest BCUT2D eigenvalue weighted by atomic mass is 9.45. The molecule has 2 heterocycles. The molecule has 0 radical (unpaired) electrons. The van der Waals surface area contributed by atoms with Gasteiger partial charge in [-0.1, -0.05) is 20.8 Å². The number of pyridine rings is 1. The minimum Gasteiger partial charge on any atom is -0.380 e. The normalized spacial score (nSPS) is 26.7. The summed E-state index contributed by atoms with van der Waals surface area (Å²) >= 11 is 3.44. The van der Waals surface area contributed by atoms with Crippen molar-refractivity contribution in [3.8, 4) is 0 Å². The van der Waals surface area contributed by atoms with Crippen molar-refractivity contribution < 1.29 is 4.79 Å². The molecule has 2 bridgehead atoms. The average molecular weight is 473 g/mol. The molecule has 6 nitrogen and oxygen atoms in total. The lowest BCUT2D eigenvalue weighted by Crippen LogP contribution is -2.58. The minimum absolute atomic E-state index is 0.0129. The second kappa shape index (κ2) is 8.25. The number of carbonyl (C=O) groups is 1. The van der Waals surface area contributed by atoms with Gasteiger partial charge in [-0.3, -0.25) is 14.6 Å². The van der Waals surface area contributed by atoms with E-state index in [1.807, 2.05) is 12.1 Å². The molecule has 0 unspecified atom stereocenters. The smallest absolute Gasteiger partial charge is 0.283 e. The molecule has 160 valence electrons. The number of fused-ring (bicyclic) bond motifs is 2. The van der Waals surface area contributed by atoms with Gasteiger partial charge in [0.25, 0.3) is 5.56 Å². The van der Waals surface area contributed by atoms with Crippen molar-refractivity contribution in [3.05, 3.63) is 51.1 Å². The summed E-state index contributed by atoms with van der Waals surface area (Å²) in [4.78, 5) is 29.1. The fourth-order valence-corrected chi connectivity index (χ4v) is 5.72. The first-order valence-corrected chi connectivity index (χ1v) is 11.5. The number of aromatic nitrogens is 3. The topological polar surface area (TPSA) is 76.9 Å². The molecule has 30 heavy (non-hydrogen) atoms. The van der Waals surface area contributed by atoms with E-state index in [2.05, 4.69) is 52.1 Å². The van der Waals surface area contributed by atoms with E-state index in [1.165, 1.54) is 11.1 Å². The van der Waals surface area contributed by atoms with Crippen molar-refractivity contribution in [1.82, 2.24) is 14.8 Å². The van der Waals surface area contributed by atoms with E-state index >= 15 is 0 Å². The number of halogens is 1. The Labute approximate surface area is 185 Å². The first kappa shape index (κ1) is 21.2. The van der Waals surface area contributed by atoms with E-state index < -0.39 is 0 Å². The number of carbonyl (C=O) groups excluding carboxylic acids is 1. The van der Waals surface area contributed by atoms with E-state index in [0.717, 1.165) is 29.5 Å². The Bertz CT molecular complexity index is 988. The van der Waals surface area contributed by atoms with Crippen molar-refractivity contribution in [2.24, 2.45) is 23.2 Å². The molecule has 0 amide bonds. The molecule has 2 aromatic heterocycles. The number of nitrogens with one attached hydrogen (secondary N) is 1. The summed E-state index contributed by atoms with van der Waals surface area (Å²) in [6, 6.07) is 4.13. The Morgan fingerprint density at radius 1 is 1.30 bits per heavy atom. The Hall–Kier alpha value is -2.02. The number of aryl methyl sites for hydroxylation is 1. The number of rotatable bonds is 7. The van der Waals surface area contributed by atoms with Crippen LogP contribution in [-0.4, -0.2) is 26.6 Å². The zero-order valence-corrected chi connectivity index (χ0v) is 19.4. The van der Waals surface area contributed by atoms with Crippen LogP contribution in [0, 0.1) is 23.2 Å². The van der Waals surface area contributed by atoms with Crippen LogP contribution in [0.5, 0.6) is 0 Å². The lowest BCUT2D eigenvalue weighted by Gasteiger charge is -2.62. The van der Waals surface area contributed by atoms with E-state index in [-0.39, 0.29) is 17.9 Å². The highest BCUT2D eigenvalue weighted by atomic mass is 79.9. The summed E-state index contributed by atoms with van der Waals surface area (Å²) < 4.78 is 1.69. The first-order valence-electron chi connectivity index (χ1n) is 10.7. The van der Waals surface area contributed by atoms with Crippen molar-refractivity contribution in [3.63, 3.8) is 0 Å². The molecule has 0 aliphatic heterocycles. The Morgan fingerprint density at radius 3 is 2.70 bits per heavy atom. The van der Waals surface area contributed by atoms with Crippen LogP contribution < -0.4 is 10.9 Å². The summed E-state index contributed by atoms with van der Waals surface area (Å²) in [5, 5.41) is 7.82.